The maximum Gasteiger partial charge on any atom is 0.0883 e. The summed E-state index contributed by atoms with van der Waals surface area (Å²) in [7, 11) is 1.80. The van der Waals surface area contributed by atoms with Crippen LogP contribution in [0.25, 0.3) is 0 Å². The second kappa shape index (κ2) is 2.86. The predicted molar refractivity (Wildman–Crippen MR) is 43.6 cm³/mol. The topological polar surface area (TPSA) is 50.9 Å². The third-order valence-electron chi connectivity index (χ3n) is 2.48. The van der Waals surface area contributed by atoms with E-state index in [4.69, 9.17) is 0 Å². The molecular weight excluding hydrogens is 154 g/mol. The molecule has 1 N–H and O–H groups in total. The van der Waals surface area contributed by atoms with Gasteiger partial charge in [-0.3, -0.25) is 0 Å². The fraction of sp³-hybridized carbons (Fsp3) is 0.750. The molecule has 1 aromatic rings. The van der Waals surface area contributed by atoms with Crippen LogP contribution >= 0.6 is 0 Å². The lowest BCUT2D eigenvalue weighted by Crippen LogP contribution is -2.11. The van der Waals surface area contributed by atoms with Gasteiger partial charge in [0, 0.05) is 13.0 Å². The molecule has 1 heterocycles. The third kappa shape index (κ3) is 1.22. The van der Waals surface area contributed by atoms with Crippen LogP contribution in [-0.4, -0.2) is 26.2 Å². The summed E-state index contributed by atoms with van der Waals surface area (Å²) in [5, 5.41) is 17.8. The average Bonchev–Trinajstić information content (AvgIpc) is 2.58. The zero-order chi connectivity index (χ0) is 8.55. The van der Waals surface area contributed by atoms with E-state index in [-0.39, 0.29) is 12.0 Å². The summed E-state index contributed by atoms with van der Waals surface area (Å²) in [6.45, 7) is 0. The minimum Gasteiger partial charge on any atom is -0.392 e. The summed E-state index contributed by atoms with van der Waals surface area (Å²) in [6, 6.07) is 0. The molecule has 1 fully saturated rings. The van der Waals surface area contributed by atoms with Gasteiger partial charge in [0.1, 0.15) is 0 Å². The minimum atomic E-state index is -0.207. The zero-order valence-electron chi connectivity index (χ0n) is 7.14. The number of rotatable bonds is 1. The molecule has 66 valence electrons. The fourth-order valence-electron chi connectivity index (χ4n) is 1.82. The average molecular weight is 167 g/mol. The molecule has 4 nitrogen and oxygen atoms in total. The summed E-state index contributed by atoms with van der Waals surface area (Å²) in [5.41, 5.74) is 0.933. The zero-order valence-corrected chi connectivity index (χ0v) is 7.14. The lowest BCUT2D eigenvalue weighted by Gasteiger charge is -2.09. The largest absolute Gasteiger partial charge is 0.392 e. The van der Waals surface area contributed by atoms with Crippen LogP contribution in [0.2, 0.25) is 0 Å². The van der Waals surface area contributed by atoms with Crippen molar-refractivity contribution in [3.05, 3.63) is 11.9 Å². The number of hydrogen-bond acceptors (Lipinski definition) is 3. The van der Waals surface area contributed by atoms with Crippen molar-refractivity contribution in [2.24, 2.45) is 7.05 Å². The summed E-state index contributed by atoms with van der Waals surface area (Å²) < 4.78 is 0. The number of aliphatic hydroxyl groups excluding tert-OH is 1. The Bertz CT molecular complexity index is 271. The molecule has 0 radical (unpaired) electrons. The van der Waals surface area contributed by atoms with Crippen molar-refractivity contribution in [2.75, 3.05) is 0 Å². The van der Waals surface area contributed by atoms with Gasteiger partial charge in [0.2, 0.25) is 0 Å². The van der Waals surface area contributed by atoms with E-state index in [1.165, 1.54) is 0 Å². The van der Waals surface area contributed by atoms with Crippen LogP contribution in [0.3, 0.4) is 0 Å². The minimum absolute atomic E-state index is 0.207. The second-order valence-electron chi connectivity index (χ2n) is 3.36. The molecular formula is C8H13N3O. The van der Waals surface area contributed by atoms with Gasteiger partial charge in [-0.05, 0) is 12.8 Å². The van der Waals surface area contributed by atoms with Gasteiger partial charge >= 0.3 is 0 Å². The lowest BCUT2D eigenvalue weighted by atomic mass is 10.0. The van der Waals surface area contributed by atoms with Crippen LogP contribution in [0.15, 0.2) is 6.20 Å². The molecule has 12 heavy (non-hydrogen) atoms. The van der Waals surface area contributed by atoms with Gasteiger partial charge in [-0.25, -0.2) is 0 Å². The monoisotopic (exact) mass is 167 g/mol. The predicted octanol–water partition coefficient (Wildman–Crippen LogP) is 0.444. The Labute approximate surface area is 71.2 Å². The first-order valence-electron chi connectivity index (χ1n) is 4.31. The Morgan fingerprint density at radius 3 is 2.92 bits per heavy atom. The molecule has 1 saturated carbocycles. The molecule has 0 amide bonds. The van der Waals surface area contributed by atoms with E-state index in [9.17, 15) is 5.11 Å². The highest BCUT2D eigenvalue weighted by Crippen LogP contribution is 2.32. The Hall–Kier alpha value is -0.900. The molecule has 2 atom stereocenters. The number of nitrogens with zero attached hydrogens (tertiary/aromatic N) is 3. The number of hydrogen-bond donors (Lipinski definition) is 1. The van der Waals surface area contributed by atoms with Crippen molar-refractivity contribution in [1.82, 2.24) is 15.0 Å². The smallest absolute Gasteiger partial charge is 0.0883 e. The molecule has 1 aliphatic carbocycles. The highest BCUT2D eigenvalue weighted by Gasteiger charge is 2.28. The first kappa shape index (κ1) is 7.73. The molecule has 0 saturated heterocycles. The van der Waals surface area contributed by atoms with E-state index in [0.29, 0.717) is 0 Å². The van der Waals surface area contributed by atoms with Gasteiger partial charge in [0.05, 0.1) is 18.0 Å². The molecule has 2 rings (SSSR count). The van der Waals surface area contributed by atoms with E-state index in [2.05, 4.69) is 10.2 Å². The molecule has 4 heteroatoms. The molecule has 0 aliphatic heterocycles. The van der Waals surface area contributed by atoms with Crippen LogP contribution in [0.1, 0.15) is 30.9 Å². The van der Waals surface area contributed by atoms with Crippen LogP contribution < -0.4 is 0 Å². The van der Waals surface area contributed by atoms with Gasteiger partial charge in [0.15, 0.2) is 0 Å². The summed E-state index contributed by atoms with van der Waals surface area (Å²) in [6.07, 6.45) is 4.59. The lowest BCUT2D eigenvalue weighted by molar-refractivity contribution is 0.162. The quantitative estimate of drug-likeness (QED) is 0.660. The highest BCUT2D eigenvalue weighted by atomic mass is 16.3. The van der Waals surface area contributed by atoms with E-state index < -0.39 is 0 Å². The maximum atomic E-state index is 9.57. The SMILES string of the molecule is Cn1ncc([C@@H]2CCC[C@H]2O)n1. The first-order chi connectivity index (χ1) is 5.77. The van der Waals surface area contributed by atoms with Gasteiger partial charge in [-0.15, -0.1) is 0 Å². The first-order valence-corrected chi connectivity index (χ1v) is 4.31. The number of aryl methyl sites for hydroxylation is 1. The van der Waals surface area contributed by atoms with Gasteiger partial charge in [0.25, 0.3) is 0 Å². The molecule has 1 aliphatic rings. The van der Waals surface area contributed by atoms with Crippen molar-refractivity contribution in [1.29, 1.82) is 0 Å². The summed E-state index contributed by atoms with van der Waals surface area (Å²) in [5.74, 6) is 0.221. The van der Waals surface area contributed by atoms with Gasteiger partial charge in [-0.1, -0.05) is 6.42 Å². The van der Waals surface area contributed by atoms with Crippen LogP contribution in [-0.2, 0) is 7.05 Å². The van der Waals surface area contributed by atoms with Gasteiger partial charge in [-0.2, -0.15) is 15.0 Å². The van der Waals surface area contributed by atoms with Crippen LogP contribution in [0.4, 0.5) is 0 Å². The molecule has 0 bridgehead atoms. The normalized spacial score (nSPS) is 29.5. The van der Waals surface area contributed by atoms with Crippen molar-refractivity contribution in [3.8, 4) is 0 Å². The van der Waals surface area contributed by atoms with Gasteiger partial charge < -0.3 is 5.11 Å². The third-order valence-corrected chi connectivity index (χ3v) is 2.48. The van der Waals surface area contributed by atoms with Crippen molar-refractivity contribution in [3.63, 3.8) is 0 Å². The Balaban J connectivity index is 2.19. The Morgan fingerprint density at radius 1 is 1.58 bits per heavy atom. The summed E-state index contributed by atoms with van der Waals surface area (Å²) in [4.78, 5) is 1.54. The number of aliphatic hydroxyl groups is 1. The molecule has 0 aromatic carbocycles. The maximum absolute atomic E-state index is 9.57. The number of aromatic nitrogens is 3. The standard InChI is InChI=1S/C8H13N3O/c1-11-9-5-7(10-11)6-3-2-4-8(6)12/h5-6,8,12H,2-4H2,1H3/t6-,8+/m0/s1. The van der Waals surface area contributed by atoms with Crippen molar-refractivity contribution in [2.45, 2.75) is 31.3 Å². The highest BCUT2D eigenvalue weighted by molar-refractivity contribution is 5.06. The van der Waals surface area contributed by atoms with Crippen LogP contribution in [0, 0.1) is 0 Å². The van der Waals surface area contributed by atoms with Crippen LogP contribution in [0.5, 0.6) is 0 Å². The van der Waals surface area contributed by atoms with E-state index in [1.54, 1.807) is 18.0 Å². The Kier molecular flexibility index (Phi) is 1.84. The molecule has 0 unspecified atom stereocenters. The fourth-order valence-corrected chi connectivity index (χ4v) is 1.82. The second-order valence-corrected chi connectivity index (χ2v) is 3.36. The van der Waals surface area contributed by atoms with E-state index in [0.717, 1.165) is 25.0 Å². The summed E-state index contributed by atoms with van der Waals surface area (Å²) >= 11 is 0. The molecule has 0 spiro atoms. The molecule has 1 aromatic heterocycles. The van der Waals surface area contributed by atoms with E-state index >= 15 is 0 Å². The van der Waals surface area contributed by atoms with Crippen molar-refractivity contribution < 1.29 is 5.11 Å². The van der Waals surface area contributed by atoms with Crippen molar-refractivity contribution >= 4 is 0 Å². The van der Waals surface area contributed by atoms with E-state index in [1.807, 2.05) is 0 Å². The Morgan fingerprint density at radius 2 is 2.42 bits per heavy atom.